The fourth-order valence-electron chi connectivity index (χ4n) is 1.72. The summed E-state index contributed by atoms with van der Waals surface area (Å²) in [7, 11) is 1.56. The fourth-order valence-corrected chi connectivity index (χ4v) is 2.47. The maximum absolute atomic E-state index is 10.2. The zero-order valence-electron chi connectivity index (χ0n) is 10.3. The molecule has 0 aliphatic heterocycles. The summed E-state index contributed by atoms with van der Waals surface area (Å²) >= 11 is 9.48. The highest BCUT2D eigenvalue weighted by Gasteiger charge is 2.11. The van der Waals surface area contributed by atoms with Gasteiger partial charge in [0.25, 0.3) is 0 Å². The van der Waals surface area contributed by atoms with Crippen LogP contribution in [-0.4, -0.2) is 17.2 Å². The summed E-state index contributed by atoms with van der Waals surface area (Å²) in [6, 6.07) is 9.13. The predicted octanol–water partition coefficient (Wildman–Crippen LogP) is 3.78. The van der Waals surface area contributed by atoms with Gasteiger partial charge in [0, 0.05) is 28.2 Å². The van der Waals surface area contributed by atoms with Crippen molar-refractivity contribution in [3.8, 4) is 5.88 Å². The lowest BCUT2D eigenvalue weighted by molar-refractivity contribution is 0.178. The third-order valence-corrected chi connectivity index (χ3v) is 3.63. The van der Waals surface area contributed by atoms with Gasteiger partial charge in [-0.25, -0.2) is 4.98 Å². The number of pyridine rings is 1. The minimum absolute atomic E-state index is 0.445. The fraction of sp³-hybridized carbons (Fsp3) is 0.214. The zero-order valence-corrected chi connectivity index (χ0v) is 12.6. The number of aliphatic hydroxyl groups is 1. The number of hydrogen-bond donors (Lipinski definition) is 1. The summed E-state index contributed by atoms with van der Waals surface area (Å²) in [5.41, 5.74) is 1.63. The van der Waals surface area contributed by atoms with Gasteiger partial charge >= 0.3 is 0 Å². The molecule has 0 fully saturated rings. The van der Waals surface area contributed by atoms with Crippen LogP contribution in [0.4, 0.5) is 0 Å². The van der Waals surface area contributed by atoms with E-state index in [1.807, 2.05) is 18.2 Å². The van der Waals surface area contributed by atoms with Crippen LogP contribution in [0, 0.1) is 0 Å². The van der Waals surface area contributed by atoms with E-state index in [1.54, 1.807) is 25.4 Å². The van der Waals surface area contributed by atoms with E-state index in [0.717, 1.165) is 15.6 Å². The van der Waals surface area contributed by atoms with Crippen molar-refractivity contribution < 1.29 is 9.84 Å². The largest absolute Gasteiger partial charge is 0.481 e. The quantitative estimate of drug-likeness (QED) is 0.919. The van der Waals surface area contributed by atoms with Gasteiger partial charge in [-0.15, -0.1) is 0 Å². The van der Waals surface area contributed by atoms with Gasteiger partial charge in [-0.2, -0.15) is 0 Å². The van der Waals surface area contributed by atoms with Gasteiger partial charge in [-0.3, -0.25) is 0 Å². The highest BCUT2D eigenvalue weighted by atomic mass is 79.9. The summed E-state index contributed by atoms with van der Waals surface area (Å²) in [5, 5.41) is 10.8. The molecular formula is C14H13BrClNO2. The molecule has 1 aromatic carbocycles. The Morgan fingerprint density at radius 2 is 2.16 bits per heavy atom. The third kappa shape index (κ3) is 3.69. The average Bonchev–Trinajstić information content (AvgIpc) is 2.42. The predicted molar refractivity (Wildman–Crippen MR) is 78.6 cm³/mol. The summed E-state index contributed by atoms with van der Waals surface area (Å²) in [6.45, 7) is 0. The molecule has 0 saturated carbocycles. The number of nitrogens with zero attached hydrogens (tertiary/aromatic N) is 1. The Morgan fingerprint density at radius 1 is 1.37 bits per heavy atom. The number of halogens is 2. The third-order valence-electron chi connectivity index (χ3n) is 2.78. The molecule has 1 atom stereocenters. The Kier molecular flexibility index (Phi) is 4.80. The molecule has 0 aliphatic rings. The molecule has 0 aliphatic carbocycles. The number of aromatic nitrogens is 1. The van der Waals surface area contributed by atoms with Crippen molar-refractivity contribution in [2.75, 3.05) is 7.11 Å². The van der Waals surface area contributed by atoms with Gasteiger partial charge in [0.05, 0.1) is 13.2 Å². The Hall–Kier alpha value is -1.10. The molecule has 2 aromatic rings. The molecule has 0 radical (unpaired) electrons. The maximum atomic E-state index is 10.2. The minimum atomic E-state index is -0.642. The van der Waals surface area contributed by atoms with E-state index >= 15 is 0 Å². The molecule has 0 amide bonds. The molecule has 1 aromatic heterocycles. The molecule has 0 bridgehead atoms. The van der Waals surface area contributed by atoms with Crippen LogP contribution in [0.25, 0.3) is 0 Å². The smallest absolute Gasteiger partial charge is 0.212 e. The van der Waals surface area contributed by atoms with Crippen LogP contribution in [0.2, 0.25) is 5.02 Å². The van der Waals surface area contributed by atoms with Crippen LogP contribution < -0.4 is 4.74 Å². The lowest BCUT2D eigenvalue weighted by Gasteiger charge is -2.12. The average molecular weight is 343 g/mol. The molecule has 3 nitrogen and oxygen atoms in total. The Balaban J connectivity index is 2.13. The summed E-state index contributed by atoms with van der Waals surface area (Å²) < 4.78 is 5.90. The number of aliphatic hydroxyl groups excluding tert-OH is 1. The van der Waals surface area contributed by atoms with E-state index in [4.69, 9.17) is 16.3 Å². The SMILES string of the molecule is COc1ccc(C(O)Cc2ccc(Br)cc2Cl)cn1. The van der Waals surface area contributed by atoms with Gasteiger partial charge in [-0.05, 0) is 29.3 Å². The standard InChI is InChI=1S/C14H13BrClNO2/c1-19-14-5-3-10(8-17-14)13(18)6-9-2-4-11(15)7-12(9)16/h2-5,7-8,13,18H,6H2,1H3. The lowest BCUT2D eigenvalue weighted by atomic mass is 10.0. The van der Waals surface area contributed by atoms with Crippen molar-refractivity contribution >= 4 is 27.5 Å². The first-order valence-electron chi connectivity index (χ1n) is 5.72. The molecule has 0 spiro atoms. The second kappa shape index (κ2) is 6.37. The molecule has 0 saturated heterocycles. The zero-order chi connectivity index (χ0) is 13.8. The number of rotatable bonds is 4. The molecule has 1 N–H and O–H groups in total. The van der Waals surface area contributed by atoms with E-state index in [0.29, 0.717) is 17.3 Å². The first kappa shape index (κ1) is 14.3. The van der Waals surface area contributed by atoms with Gasteiger partial charge in [-0.1, -0.05) is 33.6 Å². The van der Waals surface area contributed by atoms with Gasteiger partial charge in [0.1, 0.15) is 0 Å². The van der Waals surface area contributed by atoms with E-state index in [1.165, 1.54) is 0 Å². The minimum Gasteiger partial charge on any atom is -0.481 e. The second-order valence-corrected chi connectivity index (χ2v) is 5.41. The van der Waals surface area contributed by atoms with Crippen LogP contribution in [0.3, 0.4) is 0 Å². The Morgan fingerprint density at radius 3 is 2.74 bits per heavy atom. The molecule has 1 unspecified atom stereocenters. The number of methoxy groups -OCH3 is 1. The van der Waals surface area contributed by atoms with Crippen molar-refractivity contribution in [3.63, 3.8) is 0 Å². The van der Waals surface area contributed by atoms with Crippen LogP contribution in [0.1, 0.15) is 17.2 Å². The number of hydrogen-bond acceptors (Lipinski definition) is 3. The molecular weight excluding hydrogens is 330 g/mol. The van der Waals surface area contributed by atoms with Crippen molar-refractivity contribution in [1.82, 2.24) is 4.98 Å². The molecule has 5 heteroatoms. The van der Waals surface area contributed by atoms with Gasteiger partial charge in [0.2, 0.25) is 5.88 Å². The summed E-state index contributed by atoms with van der Waals surface area (Å²) in [4.78, 5) is 4.07. The van der Waals surface area contributed by atoms with Crippen LogP contribution in [0.5, 0.6) is 5.88 Å². The topological polar surface area (TPSA) is 42.4 Å². The van der Waals surface area contributed by atoms with Crippen LogP contribution in [-0.2, 0) is 6.42 Å². The summed E-state index contributed by atoms with van der Waals surface area (Å²) in [5.74, 6) is 0.526. The lowest BCUT2D eigenvalue weighted by Crippen LogP contribution is -2.03. The van der Waals surface area contributed by atoms with E-state index in [2.05, 4.69) is 20.9 Å². The summed E-state index contributed by atoms with van der Waals surface area (Å²) in [6.07, 6.45) is 1.41. The molecule has 19 heavy (non-hydrogen) atoms. The Bertz CT molecular complexity index is 560. The second-order valence-electron chi connectivity index (χ2n) is 4.09. The Labute approximate surface area is 125 Å². The van der Waals surface area contributed by atoms with E-state index < -0.39 is 6.10 Å². The van der Waals surface area contributed by atoms with Gasteiger partial charge in [0.15, 0.2) is 0 Å². The van der Waals surface area contributed by atoms with E-state index in [9.17, 15) is 5.11 Å². The van der Waals surface area contributed by atoms with Gasteiger partial charge < -0.3 is 9.84 Å². The highest BCUT2D eigenvalue weighted by molar-refractivity contribution is 9.10. The molecule has 1 heterocycles. The number of benzene rings is 1. The van der Waals surface area contributed by atoms with E-state index in [-0.39, 0.29) is 0 Å². The number of ether oxygens (including phenoxy) is 1. The normalized spacial score (nSPS) is 12.2. The highest BCUT2D eigenvalue weighted by Crippen LogP contribution is 2.26. The van der Waals surface area contributed by atoms with Crippen LogP contribution in [0.15, 0.2) is 41.0 Å². The van der Waals surface area contributed by atoms with Crippen molar-refractivity contribution in [1.29, 1.82) is 0 Å². The van der Waals surface area contributed by atoms with Crippen molar-refractivity contribution in [2.45, 2.75) is 12.5 Å². The maximum Gasteiger partial charge on any atom is 0.212 e. The monoisotopic (exact) mass is 341 g/mol. The first-order valence-corrected chi connectivity index (χ1v) is 6.89. The molecule has 100 valence electrons. The molecule has 2 rings (SSSR count). The van der Waals surface area contributed by atoms with Crippen LogP contribution >= 0.6 is 27.5 Å². The van der Waals surface area contributed by atoms with Crippen molar-refractivity contribution in [2.24, 2.45) is 0 Å². The first-order chi connectivity index (χ1) is 9.10. The van der Waals surface area contributed by atoms with Crippen molar-refractivity contribution in [3.05, 3.63) is 57.2 Å².